The van der Waals surface area contributed by atoms with Crippen LogP contribution in [0.2, 0.25) is 10.0 Å². The number of thiocarbonyl (C=S) groups is 1. The van der Waals surface area contributed by atoms with Gasteiger partial charge in [0.1, 0.15) is 4.88 Å². The molecule has 8 heteroatoms. The van der Waals surface area contributed by atoms with Crippen LogP contribution in [0, 0.1) is 0 Å². The Balaban J connectivity index is 1.67. The van der Waals surface area contributed by atoms with Crippen LogP contribution in [0.15, 0.2) is 48.5 Å². The summed E-state index contributed by atoms with van der Waals surface area (Å²) in [7, 11) is 0. The summed E-state index contributed by atoms with van der Waals surface area (Å²) in [6.07, 6.45) is 0. The Morgan fingerprint density at radius 1 is 1.04 bits per heavy atom. The number of carbonyl (C=O) groups is 1. The van der Waals surface area contributed by atoms with Gasteiger partial charge in [0.05, 0.1) is 5.02 Å². The minimum atomic E-state index is -0.366. The minimum Gasteiger partial charge on any atom is -0.331 e. The highest BCUT2D eigenvalue weighted by molar-refractivity contribution is 7.80. The van der Waals surface area contributed by atoms with Crippen molar-refractivity contribution in [2.75, 3.05) is 5.32 Å². The summed E-state index contributed by atoms with van der Waals surface area (Å²) in [6.45, 7) is 0. The normalized spacial score (nSPS) is 10.4. The lowest BCUT2D eigenvalue weighted by Gasteiger charge is -2.11. The summed E-state index contributed by atoms with van der Waals surface area (Å²) in [4.78, 5) is 12.7. The van der Waals surface area contributed by atoms with E-state index in [1.807, 2.05) is 36.4 Å². The zero-order valence-electron chi connectivity index (χ0n) is 12.1. The lowest BCUT2D eigenvalue weighted by Crippen LogP contribution is -2.43. The molecular formula is C16H11Cl2N3OS2. The Labute approximate surface area is 157 Å². The number of hydrogen-bond acceptors (Lipinski definition) is 3. The number of thiophene rings is 1. The molecule has 24 heavy (non-hydrogen) atoms. The Bertz CT molecular complexity index is 912. The molecular weight excluding hydrogens is 385 g/mol. The van der Waals surface area contributed by atoms with Crippen molar-refractivity contribution in [3.8, 4) is 0 Å². The first-order valence-corrected chi connectivity index (χ1v) is 8.82. The number of hydrazine groups is 1. The number of rotatable bonds is 2. The van der Waals surface area contributed by atoms with Gasteiger partial charge in [-0.15, -0.1) is 11.3 Å². The van der Waals surface area contributed by atoms with Crippen LogP contribution in [0.4, 0.5) is 5.69 Å². The molecule has 3 N–H and O–H groups in total. The van der Waals surface area contributed by atoms with Crippen molar-refractivity contribution in [3.05, 3.63) is 63.5 Å². The Kier molecular flexibility index (Phi) is 5.20. The number of amides is 1. The molecule has 3 rings (SSSR count). The average molecular weight is 396 g/mol. The number of fused-ring (bicyclic) bond motifs is 1. The Morgan fingerprint density at radius 3 is 2.54 bits per heavy atom. The van der Waals surface area contributed by atoms with Crippen molar-refractivity contribution in [1.82, 2.24) is 10.9 Å². The molecule has 0 saturated heterocycles. The molecule has 122 valence electrons. The van der Waals surface area contributed by atoms with Gasteiger partial charge in [-0.1, -0.05) is 41.4 Å². The first-order chi connectivity index (χ1) is 11.5. The molecule has 0 unspecified atom stereocenters. The van der Waals surface area contributed by atoms with E-state index < -0.39 is 0 Å². The summed E-state index contributed by atoms with van der Waals surface area (Å²) in [6, 6.07) is 14.7. The maximum Gasteiger partial charge on any atom is 0.281 e. The molecule has 0 bridgehead atoms. The van der Waals surface area contributed by atoms with Crippen LogP contribution in [-0.4, -0.2) is 11.0 Å². The number of hydrogen-bond donors (Lipinski definition) is 3. The van der Waals surface area contributed by atoms with Crippen molar-refractivity contribution >= 4 is 73.5 Å². The standard InChI is InChI=1S/C16H11Cl2N3OS2/c17-9-6-7-12-11(8-9)13(18)14(24-12)15(22)20-21-16(23)19-10-4-2-1-3-5-10/h1-8H,(H,20,22)(H2,19,21,23). The van der Waals surface area contributed by atoms with E-state index in [0.29, 0.717) is 14.9 Å². The largest absolute Gasteiger partial charge is 0.331 e. The van der Waals surface area contributed by atoms with E-state index in [2.05, 4.69) is 16.2 Å². The highest BCUT2D eigenvalue weighted by Gasteiger charge is 2.17. The fraction of sp³-hybridized carbons (Fsp3) is 0. The van der Waals surface area contributed by atoms with Crippen LogP contribution in [0.5, 0.6) is 0 Å². The molecule has 2 aromatic carbocycles. The highest BCUT2D eigenvalue weighted by atomic mass is 35.5. The van der Waals surface area contributed by atoms with Crippen LogP contribution < -0.4 is 16.2 Å². The van der Waals surface area contributed by atoms with Crippen LogP contribution >= 0.6 is 46.8 Å². The predicted octanol–water partition coefficient (Wildman–Crippen LogP) is 4.84. The number of halogens is 2. The number of carbonyl (C=O) groups excluding carboxylic acids is 1. The summed E-state index contributed by atoms with van der Waals surface area (Å²) in [5.41, 5.74) is 6.01. The molecule has 3 aromatic rings. The summed E-state index contributed by atoms with van der Waals surface area (Å²) in [5, 5.41) is 4.93. The molecule has 0 radical (unpaired) electrons. The van der Waals surface area contributed by atoms with Gasteiger partial charge in [0.2, 0.25) is 0 Å². The van der Waals surface area contributed by atoms with Gasteiger partial charge >= 0.3 is 0 Å². The molecule has 0 aliphatic rings. The molecule has 1 aromatic heterocycles. The molecule has 1 heterocycles. The van der Waals surface area contributed by atoms with Gasteiger partial charge in [0.15, 0.2) is 5.11 Å². The Hall–Kier alpha value is -1.86. The predicted molar refractivity (Wildman–Crippen MR) is 105 cm³/mol. The molecule has 0 aliphatic heterocycles. The first kappa shape index (κ1) is 17.0. The topological polar surface area (TPSA) is 53.2 Å². The summed E-state index contributed by atoms with van der Waals surface area (Å²) in [5.74, 6) is -0.366. The van der Waals surface area contributed by atoms with E-state index in [4.69, 9.17) is 35.4 Å². The van der Waals surface area contributed by atoms with Crippen LogP contribution in [0.25, 0.3) is 10.1 Å². The van der Waals surface area contributed by atoms with Crippen LogP contribution in [0.3, 0.4) is 0 Å². The lowest BCUT2D eigenvalue weighted by atomic mass is 10.2. The van der Waals surface area contributed by atoms with Crippen molar-refractivity contribution in [3.63, 3.8) is 0 Å². The lowest BCUT2D eigenvalue weighted by molar-refractivity contribution is 0.0948. The third kappa shape index (κ3) is 3.79. The van der Waals surface area contributed by atoms with Gasteiger partial charge in [0, 0.05) is 20.8 Å². The van der Waals surface area contributed by atoms with E-state index >= 15 is 0 Å². The van der Waals surface area contributed by atoms with Crippen molar-refractivity contribution in [2.45, 2.75) is 0 Å². The fourth-order valence-electron chi connectivity index (χ4n) is 2.04. The second-order valence-electron chi connectivity index (χ2n) is 4.78. The summed E-state index contributed by atoms with van der Waals surface area (Å²) >= 11 is 18.7. The zero-order chi connectivity index (χ0) is 17.1. The van der Waals surface area contributed by atoms with Gasteiger partial charge in [-0.05, 0) is 42.5 Å². The SMILES string of the molecule is O=C(NNC(=S)Nc1ccccc1)c1sc2ccc(Cl)cc2c1Cl. The minimum absolute atomic E-state index is 0.273. The third-order valence-electron chi connectivity index (χ3n) is 3.12. The molecule has 0 spiro atoms. The maximum absolute atomic E-state index is 12.3. The third-order valence-corrected chi connectivity index (χ3v) is 5.23. The number of para-hydroxylation sites is 1. The maximum atomic E-state index is 12.3. The van der Waals surface area contributed by atoms with E-state index in [0.717, 1.165) is 15.8 Å². The van der Waals surface area contributed by atoms with E-state index in [1.165, 1.54) is 11.3 Å². The van der Waals surface area contributed by atoms with Gasteiger partial charge in [0.25, 0.3) is 5.91 Å². The van der Waals surface area contributed by atoms with Crippen molar-refractivity contribution < 1.29 is 4.79 Å². The van der Waals surface area contributed by atoms with E-state index in [9.17, 15) is 4.79 Å². The average Bonchev–Trinajstić information content (AvgIpc) is 2.90. The van der Waals surface area contributed by atoms with Crippen molar-refractivity contribution in [2.24, 2.45) is 0 Å². The zero-order valence-corrected chi connectivity index (χ0v) is 15.2. The van der Waals surface area contributed by atoms with Gasteiger partial charge < -0.3 is 5.32 Å². The molecule has 0 atom stereocenters. The van der Waals surface area contributed by atoms with Gasteiger partial charge in [-0.3, -0.25) is 15.6 Å². The quantitative estimate of drug-likeness (QED) is 0.429. The van der Waals surface area contributed by atoms with Crippen LogP contribution in [-0.2, 0) is 0 Å². The Morgan fingerprint density at radius 2 is 1.79 bits per heavy atom. The molecule has 0 fully saturated rings. The molecule has 0 aliphatic carbocycles. The second kappa shape index (κ2) is 7.36. The van der Waals surface area contributed by atoms with Crippen LogP contribution in [0.1, 0.15) is 9.67 Å². The first-order valence-electron chi connectivity index (χ1n) is 6.84. The number of nitrogens with one attached hydrogen (secondary N) is 3. The fourth-order valence-corrected chi connectivity index (χ4v) is 3.77. The summed E-state index contributed by atoms with van der Waals surface area (Å²) < 4.78 is 0.888. The highest BCUT2D eigenvalue weighted by Crippen LogP contribution is 2.36. The van der Waals surface area contributed by atoms with Gasteiger partial charge in [-0.25, -0.2) is 0 Å². The smallest absolute Gasteiger partial charge is 0.281 e. The van der Waals surface area contributed by atoms with E-state index in [-0.39, 0.29) is 11.0 Å². The number of benzene rings is 2. The van der Waals surface area contributed by atoms with E-state index in [1.54, 1.807) is 12.1 Å². The monoisotopic (exact) mass is 395 g/mol. The molecule has 1 amide bonds. The molecule has 0 saturated carbocycles. The van der Waals surface area contributed by atoms with Crippen molar-refractivity contribution in [1.29, 1.82) is 0 Å². The molecule has 4 nitrogen and oxygen atoms in total. The number of anilines is 1. The second-order valence-corrected chi connectivity index (χ2v) is 7.06. The van der Waals surface area contributed by atoms with Gasteiger partial charge in [-0.2, -0.15) is 0 Å².